The summed E-state index contributed by atoms with van der Waals surface area (Å²) in [6, 6.07) is 44.2. The number of para-hydroxylation sites is 1. The minimum atomic E-state index is 0.561. The average Bonchev–Trinajstić information content (AvgIpc) is 3.65. The van der Waals surface area contributed by atoms with Gasteiger partial charge in [0.15, 0.2) is 17.5 Å². The van der Waals surface area contributed by atoms with Crippen molar-refractivity contribution in [1.29, 1.82) is 0 Å². The van der Waals surface area contributed by atoms with Gasteiger partial charge in [-0.25, -0.2) is 19.9 Å². The number of rotatable bonds is 3. The lowest BCUT2D eigenvalue weighted by Gasteiger charge is -2.12. The van der Waals surface area contributed by atoms with Gasteiger partial charge in [0, 0.05) is 28.3 Å². The number of fused-ring (bicyclic) bond motifs is 7. The van der Waals surface area contributed by atoms with E-state index in [1.54, 1.807) is 6.20 Å². The molecule has 208 valence electrons. The van der Waals surface area contributed by atoms with E-state index in [2.05, 4.69) is 108 Å². The molecule has 10 rings (SSSR count). The first-order valence-corrected chi connectivity index (χ1v) is 15.0. The highest BCUT2D eigenvalue weighted by Gasteiger charge is 2.24. The topological polar surface area (TPSA) is 64.7 Å². The molecule has 0 aliphatic heterocycles. The molecule has 0 bridgehead atoms. The summed E-state index contributed by atoms with van der Waals surface area (Å²) in [5, 5.41) is 6.53. The third-order valence-electron chi connectivity index (χ3n) is 8.95. The van der Waals surface area contributed by atoms with E-state index in [4.69, 9.17) is 19.4 Å². The lowest BCUT2D eigenvalue weighted by atomic mass is 9.98. The Kier molecular flexibility index (Phi) is 4.93. The van der Waals surface area contributed by atoms with Crippen molar-refractivity contribution < 1.29 is 4.42 Å². The van der Waals surface area contributed by atoms with Crippen LogP contribution in [0.15, 0.2) is 138 Å². The van der Waals surface area contributed by atoms with Crippen LogP contribution < -0.4 is 0 Å². The van der Waals surface area contributed by atoms with E-state index in [1.807, 2.05) is 24.3 Å². The normalized spacial score (nSPS) is 12.0. The minimum absolute atomic E-state index is 0.561. The van der Waals surface area contributed by atoms with Crippen LogP contribution in [-0.2, 0) is 0 Å². The molecule has 5 heteroatoms. The molecule has 45 heavy (non-hydrogen) atoms. The molecule has 5 nitrogen and oxygen atoms in total. The summed E-state index contributed by atoms with van der Waals surface area (Å²) in [5.41, 5.74) is 9.09. The zero-order chi connectivity index (χ0) is 29.5. The van der Waals surface area contributed by atoms with Crippen molar-refractivity contribution in [3.8, 4) is 56.4 Å². The summed E-state index contributed by atoms with van der Waals surface area (Å²) in [6.45, 7) is 0. The van der Waals surface area contributed by atoms with Crippen LogP contribution in [-0.4, -0.2) is 19.9 Å². The molecule has 1 aliphatic carbocycles. The second kappa shape index (κ2) is 9.15. The predicted molar refractivity (Wildman–Crippen MR) is 181 cm³/mol. The van der Waals surface area contributed by atoms with Crippen LogP contribution in [0, 0.1) is 0 Å². The number of nitrogens with zero attached hydrogens (tertiary/aromatic N) is 4. The molecule has 1 aliphatic rings. The highest BCUT2D eigenvalue weighted by molar-refractivity contribution is 6.18. The Hall–Kier alpha value is -6.20. The second-order valence-electron chi connectivity index (χ2n) is 11.4. The molecule has 0 amide bonds. The maximum absolute atomic E-state index is 6.13. The van der Waals surface area contributed by atoms with Gasteiger partial charge in [0.1, 0.15) is 5.58 Å². The molecule has 0 atom stereocenters. The number of aromatic nitrogens is 4. The average molecular weight is 575 g/mol. The quantitative estimate of drug-likeness (QED) is 0.210. The van der Waals surface area contributed by atoms with E-state index in [-0.39, 0.29) is 0 Å². The molecule has 3 aromatic heterocycles. The fraction of sp³-hybridized carbons (Fsp3) is 0. The van der Waals surface area contributed by atoms with Gasteiger partial charge in [0.05, 0.1) is 5.39 Å². The van der Waals surface area contributed by atoms with Crippen molar-refractivity contribution in [2.24, 2.45) is 0 Å². The number of hydrogen-bond donors (Lipinski definition) is 0. The second-order valence-corrected chi connectivity index (χ2v) is 11.4. The molecule has 0 fully saturated rings. The largest absolute Gasteiger partial charge is 0.438 e. The summed E-state index contributed by atoms with van der Waals surface area (Å²) in [5.74, 6) is 1.82. The van der Waals surface area contributed by atoms with Crippen molar-refractivity contribution in [2.45, 2.75) is 0 Å². The first-order chi connectivity index (χ1) is 22.3. The summed E-state index contributed by atoms with van der Waals surface area (Å²) >= 11 is 0. The molecular formula is C40H22N4O. The van der Waals surface area contributed by atoms with Crippen molar-refractivity contribution in [3.63, 3.8) is 0 Å². The highest BCUT2D eigenvalue weighted by atomic mass is 16.3. The van der Waals surface area contributed by atoms with E-state index < -0.39 is 0 Å². The van der Waals surface area contributed by atoms with Crippen molar-refractivity contribution in [2.75, 3.05) is 0 Å². The van der Waals surface area contributed by atoms with Gasteiger partial charge in [0.25, 0.3) is 0 Å². The van der Waals surface area contributed by atoms with E-state index in [0.29, 0.717) is 23.2 Å². The smallest absolute Gasteiger partial charge is 0.228 e. The van der Waals surface area contributed by atoms with Gasteiger partial charge in [-0.2, -0.15) is 0 Å². The van der Waals surface area contributed by atoms with Crippen molar-refractivity contribution in [3.05, 3.63) is 134 Å². The van der Waals surface area contributed by atoms with Crippen LogP contribution in [0.3, 0.4) is 0 Å². The lowest BCUT2D eigenvalue weighted by Crippen LogP contribution is -2.01. The van der Waals surface area contributed by atoms with Crippen LogP contribution in [0.2, 0.25) is 0 Å². The summed E-state index contributed by atoms with van der Waals surface area (Å²) in [7, 11) is 0. The maximum Gasteiger partial charge on any atom is 0.228 e. The van der Waals surface area contributed by atoms with Gasteiger partial charge < -0.3 is 4.42 Å². The molecule has 9 aromatic rings. The van der Waals surface area contributed by atoms with Crippen molar-refractivity contribution >= 4 is 43.6 Å². The van der Waals surface area contributed by atoms with Crippen molar-refractivity contribution in [1.82, 2.24) is 19.9 Å². The number of hydrogen-bond acceptors (Lipinski definition) is 5. The maximum atomic E-state index is 6.13. The van der Waals surface area contributed by atoms with Gasteiger partial charge >= 0.3 is 0 Å². The van der Waals surface area contributed by atoms with Crippen LogP contribution in [0.4, 0.5) is 0 Å². The monoisotopic (exact) mass is 574 g/mol. The lowest BCUT2D eigenvalue weighted by molar-refractivity contribution is 0.654. The van der Waals surface area contributed by atoms with Gasteiger partial charge in [-0.15, -0.1) is 0 Å². The Morgan fingerprint density at radius 2 is 1.09 bits per heavy atom. The SMILES string of the molecule is c1ccc2c(c1)-c1cccc3c(-c4nc(-c5ccc6ccccc6c5)nc(-c5ccnc6oc7ccccc7c56)n4)ccc-2c13. The van der Waals surface area contributed by atoms with Crippen LogP contribution in [0.25, 0.3) is 100 Å². The van der Waals surface area contributed by atoms with Gasteiger partial charge in [-0.05, 0) is 68.1 Å². The van der Waals surface area contributed by atoms with Gasteiger partial charge in [0.2, 0.25) is 5.71 Å². The van der Waals surface area contributed by atoms with E-state index in [9.17, 15) is 0 Å². The molecule has 0 saturated carbocycles. The van der Waals surface area contributed by atoms with E-state index >= 15 is 0 Å². The molecule has 3 heterocycles. The Morgan fingerprint density at radius 1 is 0.422 bits per heavy atom. The molecule has 0 unspecified atom stereocenters. The first-order valence-electron chi connectivity index (χ1n) is 15.0. The van der Waals surface area contributed by atoms with E-state index in [0.717, 1.165) is 43.8 Å². The fourth-order valence-corrected chi connectivity index (χ4v) is 6.91. The summed E-state index contributed by atoms with van der Waals surface area (Å²) in [6.07, 6.45) is 1.76. The summed E-state index contributed by atoms with van der Waals surface area (Å²) in [4.78, 5) is 20.0. The summed E-state index contributed by atoms with van der Waals surface area (Å²) < 4.78 is 6.13. The minimum Gasteiger partial charge on any atom is -0.438 e. The molecule has 6 aromatic carbocycles. The Bertz CT molecular complexity index is 2640. The fourth-order valence-electron chi connectivity index (χ4n) is 6.91. The Labute approximate surface area is 257 Å². The third-order valence-corrected chi connectivity index (χ3v) is 8.95. The van der Waals surface area contributed by atoms with Gasteiger partial charge in [-0.3, -0.25) is 0 Å². The molecule has 0 N–H and O–H groups in total. The molecule has 0 radical (unpaired) electrons. The number of benzene rings is 6. The third kappa shape index (κ3) is 3.55. The molecule has 0 spiro atoms. The number of furan rings is 1. The van der Waals surface area contributed by atoms with E-state index in [1.165, 1.54) is 33.0 Å². The van der Waals surface area contributed by atoms with Crippen LogP contribution >= 0.6 is 0 Å². The highest BCUT2D eigenvalue weighted by Crippen LogP contribution is 2.49. The Balaban J connectivity index is 1.27. The zero-order valence-corrected chi connectivity index (χ0v) is 23.9. The number of pyridine rings is 1. The first kappa shape index (κ1) is 24.3. The van der Waals surface area contributed by atoms with Crippen LogP contribution in [0.1, 0.15) is 0 Å². The standard InChI is InChI=1S/C40H22N4O/c1-2-9-24-22-25(17-16-23(24)8-1)37-42-38(31-19-18-30-27-11-4-3-10-26(27)28-13-7-14-29(31)35(28)30)44-39(43-37)33-20-21-41-40-36(33)32-12-5-6-15-34(32)45-40/h1-22H. The van der Waals surface area contributed by atoms with Crippen LogP contribution in [0.5, 0.6) is 0 Å². The zero-order valence-electron chi connectivity index (χ0n) is 23.9. The molecule has 0 saturated heterocycles. The van der Waals surface area contributed by atoms with Gasteiger partial charge in [-0.1, -0.05) is 103 Å². The molecular weight excluding hydrogens is 552 g/mol. The Morgan fingerprint density at radius 3 is 1.98 bits per heavy atom. The predicted octanol–water partition coefficient (Wildman–Crippen LogP) is 10.1.